The van der Waals surface area contributed by atoms with Gasteiger partial charge >= 0.3 is 0 Å². The maximum atomic E-state index is 9.69. The molecule has 1 aliphatic carbocycles. The van der Waals surface area contributed by atoms with Gasteiger partial charge in [-0.3, -0.25) is 4.98 Å². The first-order valence-electron chi connectivity index (χ1n) is 4.44. The maximum Gasteiger partial charge on any atom is 0.109 e. The summed E-state index contributed by atoms with van der Waals surface area (Å²) in [5, 5.41) is 19.1. The molecule has 1 heterocycles. The number of aliphatic hydroxyl groups excluding tert-OH is 2. The highest BCUT2D eigenvalue weighted by atomic mass is 16.3. The molecular formula is C11H11NO2. The van der Waals surface area contributed by atoms with Gasteiger partial charge in [-0.2, -0.15) is 0 Å². The molecule has 3 nitrogen and oxygen atoms in total. The van der Waals surface area contributed by atoms with Crippen LogP contribution in [-0.2, 0) is 0 Å². The van der Waals surface area contributed by atoms with Crippen molar-refractivity contribution in [2.45, 2.75) is 12.2 Å². The highest BCUT2D eigenvalue weighted by Gasteiger charge is 2.21. The Labute approximate surface area is 82.0 Å². The Morgan fingerprint density at radius 1 is 1.29 bits per heavy atom. The monoisotopic (exact) mass is 189 g/mol. The number of rotatable bonds is 1. The predicted octanol–water partition coefficient (Wildman–Crippen LogP) is 0.757. The van der Waals surface area contributed by atoms with Crippen LogP contribution < -0.4 is 0 Å². The summed E-state index contributed by atoms with van der Waals surface area (Å²) < 4.78 is 0. The zero-order valence-electron chi connectivity index (χ0n) is 7.54. The van der Waals surface area contributed by atoms with E-state index >= 15 is 0 Å². The van der Waals surface area contributed by atoms with Gasteiger partial charge < -0.3 is 10.2 Å². The molecule has 0 unspecified atom stereocenters. The minimum absolute atomic E-state index is 0.702. The fraction of sp³-hybridized carbons (Fsp3) is 0.182. The molecule has 2 rings (SSSR count). The molecule has 0 saturated carbocycles. The standard InChI is InChI=1S/C11H11NO2/c13-10-5-1-4-9(11(10)14)8-3-2-6-12-7-8/h1-7,10-11,13-14H/t10-,11+/m0/s1. The summed E-state index contributed by atoms with van der Waals surface area (Å²) in [6, 6.07) is 3.65. The van der Waals surface area contributed by atoms with E-state index in [1.165, 1.54) is 0 Å². The molecule has 2 atom stereocenters. The van der Waals surface area contributed by atoms with Crippen LogP contribution in [0.5, 0.6) is 0 Å². The first kappa shape index (κ1) is 9.12. The van der Waals surface area contributed by atoms with Crippen molar-refractivity contribution in [2.24, 2.45) is 0 Å². The van der Waals surface area contributed by atoms with Gasteiger partial charge in [0.05, 0.1) is 0 Å². The fourth-order valence-electron chi connectivity index (χ4n) is 1.46. The summed E-state index contributed by atoms with van der Waals surface area (Å²) in [5.74, 6) is 0. The van der Waals surface area contributed by atoms with Crippen molar-refractivity contribution < 1.29 is 10.2 Å². The number of nitrogens with zero attached hydrogens (tertiary/aromatic N) is 1. The molecule has 0 amide bonds. The number of aliphatic hydroxyl groups is 2. The Kier molecular flexibility index (Phi) is 2.43. The lowest BCUT2D eigenvalue weighted by atomic mass is 9.94. The second-order valence-corrected chi connectivity index (χ2v) is 3.18. The molecule has 72 valence electrons. The Hall–Kier alpha value is -1.45. The molecule has 1 aliphatic rings. The minimum atomic E-state index is -0.857. The van der Waals surface area contributed by atoms with E-state index in [0.29, 0.717) is 5.57 Å². The molecule has 3 heteroatoms. The largest absolute Gasteiger partial charge is 0.386 e. The normalized spacial score (nSPS) is 26.0. The Morgan fingerprint density at radius 2 is 2.14 bits per heavy atom. The third kappa shape index (κ3) is 1.60. The molecular weight excluding hydrogens is 178 g/mol. The van der Waals surface area contributed by atoms with E-state index in [1.807, 2.05) is 6.07 Å². The molecule has 1 aromatic rings. The maximum absolute atomic E-state index is 9.69. The summed E-state index contributed by atoms with van der Waals surface area (Å²) in [7, 11) is 0. The third-order valence-electron chi connectivity index (χ3n) is 2.22. The van der Waals surface area contributed by atoms with Crippen LogP contribution in [0, 0.1) is 0 Å². The molecule has 0 saturated heterocycles. The van der Waals surface area contributed by atoms with Crippen molar-refractivity contribution in [1.82, 2.24) is 4.98 Å². The van der Waals surface area contributed by atoms with E-state index in [2.05, 4.69) is 4.98 Å². The zero-order chi connectivity index (χ0) is 9.97. The van der Waals surface area contributed by atoms with Gasteiger partial charge in [0.25, 0.3) is 0 Å². The van der Waals surface area contributed by atoms with Gasteiger partial charge in [-0.05, 0) is 17.2 Å². The van der Waals surface area contributed by atoms with Gasteiger partial charge in [0.15, 0.2) is 0 Å². The zero-order valence-corrected chi connectivity index (χ0v) is 7.54. The second-order valence-electron chi connectivity index (χ2n) is 3.18. The molecule has 0 bridgehead atoms. The second kappa shape index (κ2) is 3.74. The van der Waals surface area contributed by atoms with Gasteiger partial charge in [0, 0.05) is 12.4 Å². The first-order chi connectivity index (χ1) is 6.79. The van der Waals surface area contributed by atoms with Crippen LogP contribution in [0.15, 0.2) is 42.8 Å². The smallest absolute Gasteiger partial charge is 0.109 e. The molecule has 0 aromatic carbocycles. The average molecular weight is 189 g/mol. The Balaban J connectivity index is 2.35. The summed E-state index contributed by atoms with van der Waals surface area (Å²) >= 11 is 0. The quantitative estimate of drug-likeness (QED) is 0.685. The van der Waals surface area contributed by atoms with Crippen molar-refractivity contribution in [3.05, 3.63) is 48.3 Å². The molecule has 0 spiro atoms. The highest BCUT2D eigenvalue weighted by molar-refractivity contribution is 5.71. The molecule has 0 fully saturated rings. The van der Waals surface area contributed by atoms with Crippen LogP contribution in [0.2, 0.25) is 0 Å². The molecule has 0 radical (unpaired) electrons. The molecule has 14 heavy (non-hydrogen) atoms. The van der Waals surface area contributed by atoms with E-state index in [9.17, 15) is 10.2 Å². The van der Waals surface area contributed by atoms with Crippen LogP contribution in [0.4, 0.5) is 0 Å². The fourth-order valence-corrected chi connectivity index (χ4v) is 1.46. The Bertz CT molecular complexity index is 370. The lowest BCUT2D eigenvalue weighted by Crippen LogP contribution is -2.26. The van der Waals surface area contributed by atoms with Gasteiger partial charge in [-0.1, -0.05) is 24.3 Å². The summed E-state index contributed by atoms with van der Waals surface area (Å²) in [6.45, 7) is 0. The topological polar surface area (TPSA) is 53.4 Å². The highest BCUT2D eigenvalue weighted by Crippen LogP contribution is 2.23. The van der Waals surface area contributed by atoms with Gasteiger partial charge in [0.2, 0.25) is 0 Å². The van der Waals surface area contributed by atoms with E-state index in [0.717, 1.165) is 5.56 Å². The van der Waals surface area contributed by atoms with Crippen molar-refractivity contribution in [1.29, 1.82) is 0 Å². The van der Waals surface area contributed by atoms with Crippen molar-refractivity contribution >= 4 is 5.57 Å². The number of hydrogen-bond acceptors (Lipinski definition) is 3. The summed E-state index contributed by atoms with van der Waals surface area (Å²) in [6.07, 6.45) is 6.74. The SMILES string of the molecule is O[C@@H]1C(c2cccnc2)=CC=C[C@@H]1O. The molecule has 1 aromatic heterocycles. The van der Waals surface area contributed by atoms with Crippen molar-refractivity contribution in [2.75, 3.05) is 0 Å². The van der Waals surface area contributed by atoms with Crippen LogP contribution in [-0.4, -0.2) is 27.4 Å². The first-order valence-corrected chi connectivity index (χ1v) is 4.44. The van der Waals surface area contributed by atoms with Crippen LogP contribution in [0.1, 0.15) is 5.56 Å². The van der Waals surface area contributed by atoms with Crippen LogP contribution in [0.3, 0.4) is 0 Å². The third-order valence-corrected chi connectivity index (χ3v) is 2.22. The summed E-state index contributed by atoms with van der Waals surface area (Å²) in [4.78, 5) is 3.96. The summed E-state index contributed by atoms with van der Waals surface area (Å²) in [5.41, 5.74) is 1.54. The van der Waals surface area contributed by atoms with E-state index in [4.69, 9.17) is 0 Å². The van der Waals surface area contributed by atoms with Crippen molar-refractivity contribution in [3.63, 3.8) is 0 Å². The van der Waals surface area contributed by atoms with Gasteiger partial charge in [0.1, 0.15) is 12.2 Å². The average Bonchev–Trinajstić information content (AvgIpc) is 2.23. The van der Waals surface area contributed by atoms with Crippen LogP contribution in [0.25, 0.3) is 5.57 Å². The number of hydrogen-bond donors (Lipinski definition) is 2. The minimum Gasteiger partial charge on any atom is -0.386 e. The van der Waals surface area contributed by atoms with E-state index in [-0.39, 0.29) is 0 Å². The Morgan fingerprint density at radius 3 is 2.86 bits per heavy atom. The van der Waals surface area contributed by atoms with E-state index in [1.54, 1.807) is 36.7 Å². The lowest BCUT2D eigenvalue weighted by Gasteiger charge is -2.20. The number of pyridine rings is 1. The van der Waals surface area contributed by atoms with Gasteiger partial charge in [-0.25, -0.2) is 0 Å². The van der Waals surface area contributed by atoms with Gasteiger partial charge in [-0.15, -0.1) is 0 Å². The number of aromatic nitrogens is 1. The number of allylic oxidation sites excluding steroid dienone is 2. The lowest BCUT2D eigenvalue weighted by molar-refractivity contribution is 0.0859. The predicted molar refractivity (Wildman–Crippen MR) is 53.4 cm³/mol. The van der Waals surface area contributed by atoms with Crippen molar-refractivity contribution in [3.8, 4) is 0 Å². The molecule has 0 aliphatic heterocycles. The van der Waals surface area contributed by atoms with Crippen LogP contribution >= 0.6 is 0 Å². The molecule has 2 N–H and O–H groups in total. The van der Waals surface area contributed by atoms with E-state index < -0.39 is 12.2 Å².